The van der Waals surface area contributed by atoms with Gasteiger partial charge in [-0.1, -0.05) is 49.0 Å². The number of methoxy groups -OCH3 is 1. The van der Waals surface area contributed by atoms with Crippen molar-refractivity contribution < 1.29 is 14.2 Å². The molecule has 0 unspecified atom stereocenters. The molecule has 0 radical (unpaired) electrons. The summed E-state index contributed by atoms with van der Waals surface area (Å²) in [6.07, 6.45) is 0. The summed E-state index contributed by atoms with van der Waals surface area (Å²) >= 11 is 0. The van der Waals surface area contributed by atoms with Gasteiger partial charge in [0.15, 0.2) is 6.79 Å². The second kappa shape index (κ2) is 8.25. The van der Waals surface area contributed by atoms with Crippen LogP contribution in [-0.4, -0.2) is 20.5 Å². The Hall–Kier alpha value is -2.10. The predicted molar refractivity (Wildman–Crippen MR) is 84.1 cm³/mol. The van der Waals surface area contributed by atoms with E-state index in [1.54, 1.807) is 7.11 Å². The molecule has 0 aliphatic heterocycles. The van der Waals surface area contributed by atoms with Gasteiger partial charge in [0, 0.05) is 7.11 Å². The second-order valence-electron chi connectivity index (χ2n) is 4.66. The van der Waals surface area contributed by atoms with Crippen molar-refractivity contribution in [3.05, 3.63) is 72.3 Å². The summed E-state index contributed by atoms with van der Waals surface area (Å²) in [4.78, 5) is 0. The molecule has 0 aromatic heterocycles. The maximum absolute atomic E-state index is 5.69. The van der Waals surface area contributed by atoms with E-state index in [9.17, 15) is 0 Å². The predicted octanol–water partition coefficient (Wildman–Crippen LogP) is 3.90. The Labute approximate surface area is 125 Å². The lowest BCUT2D eigenvalue weighted by Crippen LogP contribution is -2.00. The van der Waals surface area contributed by atoms with Gasteiger partial charge in [-0.05, 0) is 28.8 Å². The molecular formula is C18H20O3. The van der Waals surface area contributed by atoms with E-state index in [0.717, 1.165) is 22.4 Å². The van der Waals surface area contributed by atoms with Gasteiger partial charge in [-0.15, -0.1) is 0 Å². The van der Waals surface area contributed by atoms with E-state index in [0.29, 0.717) is 13.2 Å². The lowest BCUT2D eigenvalue weighted by molar-refractivity contribution is 0.0511. The first kappa shape index (κ1) is 15.3. The second-order valence-corrected chi connectivity index (χ2v) is 4.66. The van der Waals surface area contributed by atoms with Gasteiger partial charge >= 0.3 is 0 Å². The van der Waals surface area contributed by atoms with Gasteiger partial charge in [0.25, 0.3) is 0 Å². The molecular weight excluding hydrogens is 264 g/mol. The van der Waals surface area contributed by atoms with Crippen LogP contribution in [0.2, 0.25) is 0 Å². The summed E-state index contributed by atoms with van der Waals surface area (Å²) in [6.45, 7) is 5.37. The van der Waals surface area contributed by atoms with E-state index >= 15 is 0 Å². The van der Waals surface area contributed by atoms with Crippen molar-refractivity contribution in [1.82, 2.24) is 0 Å². The normalized spacial score (nSPS) is 10.3. The Morgan fingerprint density at radius 2 is 1.86 bits per heavy atom. The molecule has 0 N–H and O–H groups in total. The fraction of sp³-hybridized carbons (Fsp3) is 0.222. The van der Waals surface area contributed by atoms with Crippen LogP contribution >= 0.6 is 0 Å². The minimum atomic E-state index is 0.237. The summed E-state index contributed by atoms with van der Waals surface area (Å²) in [5.74, 6) is 0.763. The highest BCUT2D eigenvalue weighted by molar-refractivity contribution is 5.65. The first-order valence-electron chi connectivity index (χ1n) is 6.81. The zero-order chi connectivity index (χ0) is 14.9. The molecule has 0 amide bonds. The van der Waals surface area contributed by atoms with Crippen molar-refractivity contribution >= 4 is 5.57 Å². The lowest BCUT2D eigenvalue weighted by Gasteiger charge is -2.10. The topological polar surface area (TPSA) is 27.7 Å². The highest BCUT2D eigenvalue weighted by atomic mass is 16.7. The highest BCUT2D eigenvalue weighted by Crippen LogP contribution is 2.19. The van der Waals surface area contributed by atoms with Crippen LogP contribution in [0.5, 0.6) is 5.75 Å². The third-order valence-electron chi connectivity index (χ3n) is 2.97. The fourth-order valence-corrected chi connectivity index (χ4v) is 1.88. The number of ether oxygens (including phenoxy) is 3. The smallest absolute Gasteiger partial charge is 0.188 e. The molecule has 0 aliphatic rings. The highest BCUT2D eigenvalue weighted by Gasteiger charge is 2.02. The molecule has 2 aromatic carbocycles. The average molecular weight is 284 g/mol. The number of rotatable bonds is 8. The molecule has 3 heteroatoms. The van der Waals surface area contributed by atoms with Crippen LogP contribution in [0.4, 0.5) is 0 Å². The minimum absolute atomic E-state index is 0.237. The van der Waals surface area contributed by atoms with Gasteiger partial charge in [0.05, 0.1) is 13.2 Å². The molecule has 2 rings (SSSR count). The first-order chi connectivity index (χ1) is 10.3. The lowest BCUT2D eigenvalue weighted by atomic mass is 10.1. The van der Waals surface area contributed by atoms with Gasteiger partial charge in [0.1, 0.15) is 5.75 Å². The first-order valence-corrected chi connectivity index (χ1v) is 6.81. The maximum Gasteiger partial charge on any atom is 0.188 e. The van der Waals surface area contributed by atoms with Gasteiger partial charge in [-0.25, -0.2) is 0 Å². The maximum atomic E-state index is 5.69. The molecule has 0 spiro atoms. The summed E-state index contributed by atoms with van der Waals surface area (Å²) in [6, 6.07) is 17.8. The molecule has 0 saturated carbocycles. The number of hydrogen-bond acceptors (Lipinski definition) is 3. The zero-order valence-corrected chi connectivity index (χ0v) is 12.2. The van der Waals surface area contributed by atoms with Gasteiger partial charge in [0.2, 0.25) is 0 Å². The van der Waals surface area contributed by atoms with E-state index in [4.69, 9.17) is 14.2 Å². The quantitative estimate of drug-likeness (QED) is 0.688. The zero-order valence-electron chi connectivity index (χ0n) is 12.2. The molecule has 0 aliphatic carbocycles. The molecule has 0 fully saturated rings. The van der Waals surface area contributed by atoms with Crippen molar-refractivity contribution in [1.29, 1.82) is 0 Å². The Morgan fingerprint density at radius 3 is 2.62 bits per heavy atom. The fourth-order valence-electron chi connectivity index (χ4n) is 1.88. The standard InChI is InChI=1S/C18H20O3/c1-15(12-20-13-16-7-4-3-5-8-16)17-9-6-10-18(11-17)21-14-19-2/h3-11H,1,12-14H2,2H3. The minimum Gasteiger partial charge on any atom is -0.468 e. The van der Waals surface area contributed by atoms with Gasteiger partial charge < -0.3 is 14.2 Å². The van der Waals surface area contributed by atoms with E-state index in [2.05, 4.69) is 6.58 Å². The van der Waals surface area contributed by atoms with Crippen LogP contribution in [0.15, 0.2) is 61.2 Å². The van der Waals surface area contributed by atoms with Gasteiger partial charge in [-0.3, -0.25) is 0 Å². The molecule has 0 bridgehead atoms. The number of benzene rings is 2. The third kappa shape index (κ3) is 5.06. The van der Waals surface area contributed by atoms with E-state index in [1.807, 2.05) is 54.6 Å². The SMILES string of the molecule is C=C(COCc1ccccc1)c1cccc(OCOC)c1. The van der Waals surface area contributed by atoms with Crippen molar-refractivity contribution in [3.63, 3.8) is 0 Å². The largest absolute Gasteiger partial charge is 0.468 e. The van der Waals surface area contributed by atoms with Crippen molar-refractivity contribution in [3.8, 4) is 5.75 Å². The van der Waals surface area contributed by atoms with E-state index in [1.165, 1.54) is 0 Å². The monoisotopic (exact) mass is 284 g/mol. The molecule has 21 heavy (non-hydrogen) atoms. The molecule has 0 atom stereocenters. The van der Waals surface area contributed by atoms with Crippen LogP contribution in [0.3, 0.4) is 0 Å². The Morgan fingerprint density at radius 1 is 1.05 bits per heavy atom. The summed E-state index contributed by atoms with van der Waals surface area (Å²) < 4.78 is 16.0. The molecule has 0 heterocycles. The molecule has 0 saturated heterocycles. The van der Waals surface area contributed by atoms with Crippen LogP contribution < -0.4 is 4.74 Å². The summed E-state index contributed by atoms with van der Waals surface area (Å²) in [7, 11) is 1.60. The van der Waals surface area contributed by atoms with E-state index < -0.39 is 0 Å². The Balaban J connectivity index is 1.85. The van der Waals surface area contributed by atoms with Crippen molar-refractivity contribution in [2.45, 2.75) is 6.61 Å². The molecule has 2 aromatic rings. The van der Waals surface area contributed by atoms with Gasteiger partial charge in [-0.2, -0.15) is 0 Å². The van der Waals surface area contributed by atoms with Crippen LogP contribution in [0.25, 0.3) is 5.57 Å². The van der Waals surface area contributed by atoms with Crippen molar-refractivity contribution in [2.75, 3.05) is 20.5 Å². The van der Waals surface area contributed by atoms with E-state index in [-0.39, 0.29) is 6.79 Å². The number of hydrogen-bond donors (Lipinski definition) is 0. The molecule has 110 valence electrons. The van der Waals surface area contributed by atoms with Crippen LogP contribution in [0, 0.1) is 0 Å². The summed E-state index contributed by atoms with van der Waals surface area (Å²) in [5, 5.41) is 0. The molecule has 3 nitrogen and oxygen atoms in total. The summed E-state index contributed by atoms with van der Waals surface area (Å²) in [5.41, 5.74) is 3.09. The third-order valence-corrected chi connectivity index (χ3v) is 2.97. The average Bonchev–Trinajstić information content (AvgIpc) is 2.54. The van der Waals surface area contributed by atoms with Crippen LogP contribution in [0.1, 0.15) is 11.1 Å². The van der Waals surface area contributed by atoms with Crippen LogP contribution in [-0.2, 0) is 16.1 Å². The van der Waals surface area contributed by atoms with Crippen molar-refractivity contribution in [2.24, 2.45) is 0 Å². The Bertz CT molecular complexity index is 564. The Kier molecular flexibility index (Phi) is 6.00.